The number of halogens is 1. The molecule has 0 saturated heterocycles. The molecular formula is C12H15ClN4O2S. The van der Waals surface area contributed by atoms with Gasteiger partial charge in [0.1, 0.15) is 5.82 Å². The van der Waals surface area contributed by atoms with Gasteiger partial charge in [0.15, 0.2) is 20.6 Å². The number of aromatic nitrogens is 2. The van der Waals surface area contributed by atoms with Crippen LogP contribution in [0, 0.1) is 0 Å². The van der Waals surface area contributed by atoms with E-state index in [1.165, 1.54) is 4.68 Å². The molecule has 0 aliphatic heterocycles. The number of anilines is 2. The first-order valence-corrected chi connectivity index (χ1v) is 8.00. The van der Waals surface area contributed by atoms with Crippen LogP contribution >= 0.6 is 11.6 Å². The molecule has 8 heteroatoms. The number of nitrogens with zero attached hydrogens (tertiary/aromatic N) is 3. The molecule has 1 aromatic heterocycles. The van der Waals surface area contributed by atoms with Gasteiger partial charge in [-0.05, 0) is 24.3 Å². The third kappa shape index (κ3) is 2.59. The summed E-state index contributed by atoms with van der Waals surface area (Å²) in [4.78, 5) is 1.64. The minimum atomic E-state index is -3.48. The predicted molar refractivity (Wildman–Crippen MR) is 80.4 cm³/mol. The van der Waals surface area contributed by atoms with Crippen molar-refractivity contribution in [3.05, 3.63) is 29.3 Å². The van der Waals surface area contributed by atoms with Crippen molar-refractivity contribution in [2.24, 2.45) is 0 Å². The van der Waals surface area contributed by atoms with Crippen LogP contribution in [-0.4, -0.2) is 38.5 Å². The van der Waals surface area contributed by atoms with E-state index >= 15 is 0 Å². The highest BCUT2D eigenvalue weighted by Crippen LogP contribution is 2.31. The van der Waals surface area contributed by atoms with E-state index in [4.69, 9.17) is 17.3 Å². The molecule has 2 rings (SSSR count). The molecule has 0 fully saturated rings. The number of benzene rings is 1. The zero-order valence-corrected chi connectivity index (χ0v) is 12.9. The Morgan fingerprint density at radius 3 is 2.20 bits per heavy atom. The van der Waals surface area contributed by atoms with Crippen molar-refractivity contribution in [3.63, 3.8) is 0 Å². The largest absolute Gasteiger partial charge is 0.382 e. The van der Waals surface area contributed by atoms with Crippen molar-refractivity contribution in [2.75, 3.05) is 31.0 Å². The second-order valence-corrected chi connectivity index (χ2v) is 6.98. The fraction of sp³-hybridized carbons (Fsp3) is 0.250. The molecule has 0 saturated carbocycles. The Balaban J connectivity index is 2.71. The fourth-order valence-electron chi connectivity index (χ4n) is 1.83. The lowest BCUT2D eigenvalue weighted by molar-refractivity contribution is 0.602. The summed E-state index contributed by atoms with van der Waals surface area (Å²) < 4.78 is 25.2. The molecule has 108 valence electrons. The number of hydrogen-bond acceptors (Lipinski definition) is 5. The number of nitrogen functional groups attached to an aromatic ring is 1. The second kappa shape index (κ2) is 4.99. The van der Waals surface area contributed by atoms with Crippen LogP contribution < -0.4 is 10.6 Å². The summed E-state index contributed by atoms with van der Waals surface area (Å²) in [7, 11) is -0.0586. The van der Waals surface area contributed by atoms with Gasteiger partial charge in [0.25, 0.3) is 0 Å². The zero-order valence-electron chi connectivity index (χ0n) is 11.3. The SMILES string of the molecule is CN(C)c1nn(-c2ccc(Cl)cc2)c(N)c1S(C)(=O)=O. The van der Waals surface area contributed by atoms with E-state index in [0.717, 1.165) is 6.26 Å². The van der Waals surface area contributed by atoms with Gasteiger partial charge in [-0.1, -0.05) is 11.6 Å². The monoisotopic (exact) mass is 314 g/mol. The summed E-state index contributed by atoms with van der Waals surface area (Å²) in [6.45, 7) is 0. The van der Waals surface area contributed by atoms with Crippen molar-refractivity contribution in [3.8, 4) is 5.69 Å². The molecule has 0 radical (unpaired) electrons. The highest BCUT2D eigenvalue weighted by atomic mass is 35.5. The van der Waals surface area contributed by atoms with Crippen LogP contribution in [0.25, 0.3) is 5.69 Å². The molecule has 2 N–H and O–H groups in total. The molecule has 0 spiro atoms. The minimum absolute atomic E-state index is 0.0254. The summed E-state index contributed by atoms with van der Waals surface area (Å²) in [5.41, 5.74) is 6.60. The Hall–Kier alpha value is -1.73. The smallest absolute Gasteiger partial charge is 0.182 e. The Labute approximate surface area is 122 Å². The molecular weight excluding hydrogens is 300 g/mol. The third-order valence-electron chi connectivity index (χ3n) is 2.72. The van der Waals surface area contributed by atoms with Crippen molar-refractivity contribution in [1.29, 1.82) is 0 Å². The lowest BCUT2D eigenvalue weighted by Gasteiger charge is -2.09. The van der Waals surface area contributed by atoms with Crippen LogP contribution in [-0.2, 0) is 9.84 Å². The van der Waals surface area contributed by atoms with E-state index in [9.17, 15) is 8.42 Å². The van der Waals surface area contributed by atoms with Gasteiger partial charge >= 0.3 is 0 Å². The molecule has 6 nitrogen and oxygen atoms in total. The van der Waals surface area contributed by atoms with Crippen molar-refractivity contribution < 1.29 is 8.42 Å². The zero-order chi connectivity index (χ0) is 15.1. The number of sulfone groups is 1. The molecule has 0 aliphatic carbocycles. The van der Waals surface area contributed by atoms with Gasteiger partial charge in [-0.2, -0.15) is 0 Å². The number of hydrogen-bond donors (Lipinski definition) is 1. The summed E-state index contributed by atoms with van der Waals surface area (Å²) in [6.07, 6.45) is 1.11. The maximum Gasteiger partial charge on any atom is 0.182 e. The first-order valence-electron chi connectivity index (χ1n) is 5.73. The van der Waals surface area contributed by atoms with Crippen LogP contribution in [0.15, 0.2) is 29.2 Å². The Morgan fingerprint density at radius 2 is 1.80 bits per heavy atom. The van der Waals surface area contributed by atoms with Gasteiger partial charge in [0.05, 0.1) is 5.69 Å². The molecule has 0 atom stereocenters. The third-order valence-corrected chi connectivity index (χ3v) is 4.11. The average molecular weight is 315 g/mol. The fourth-order valence-corrected chi connectivity index (χ4v) is 2.98. The highest BCUT2D eigenvalue weighted by molar-refractivity contribution is 7.91. The van der Waals surface area contributed by atoms with Gasteiger partial charge in [-0.25, -0.2) is 13.1 Å². The molecule has 2 aromatic rings. The maximum absolute atomic E-state index is 11.9. The van der Waals surface area contributed by atoms with Crippen LogP contribution in [0.4, 0.5) is 11.6 Å². The van der Waals surface area contributed by atoms with Crippen LogP contribution in [0.5, 0.6) is 0 Å². The standard InChI is InChI=1S/C12H15ClN4O2S/c1-16(2)12-10(20(3,18)19)11(14)17(15-12)9-6-4-8(13)5-7-9/h4-7H,14H2,1-3H3. The summed E-state index contributed by atoms with van der Waals surface area (Å²) >= 11 is 5.83. The summed E-state index contributed by atoms with van der Waals surface area (Å²) in [5.74, 6) is 0.387. The van der Waals surface area contributed by atoms with Gasteiger partial charge < -0.3 is 10.6 Å². The second-order valence-electron chi connectivity index (χ2n) is 4.59. The van der Waals surface area contributed by atoms with Gasteiger partial charge in [-0.15, -0.1) is 5.10 Å². The molecule has 1 aromatic carbocycles. The Kier molecular flexibility index (Phi) is 3.66. The van der Waals surface area contributed by atoms with Crippen molar-refractivity contribution in [2.45, 2.75) is 4.90 Å². The number of nitrogens with two attached hydrogens (primary N) is 1. The van der Waals surface area contributed by atoms with E-state index < -0.39 is 9.84 Å². The Morgan fingerprint density at radius 1 is 1.25 bits per heavy atom. The van der Waals surface area contributed by atoms with E-state index in [2.05, 4.69) is 5.10 Å². The van der Waals surface area contributed by atoms with Crippen molar-refractivity contribution >= 4 is 33.1 Å². The highest BCUT2D eigenvalue weighted by Gasteiger charge is 2.25. The van der Waals surface area contributed by atoms with E-state index in [1.807, 2.05) is 0 Å². The average Bonchev–Trinajstić information content (AvgIpc) is 2.68. The van der Waals surface area contributed by atoms with Crippen LogP contribution in [0.2, 0.25) is 5.02 Å². The normalized spacial score (nSPS) is 11.6. The first kappa shape index (κ1) is 14.7. The van der Waals surface area contributed by atoms with E-state index in [-0.39, 0.29) is 10.7 Å². The molecule has 1 heterocycles. The minimum Gasteiger partial charge on any atom is -0.382 e. The molecule has 0 amide bonds. The van der Waals surface area contributed by atoms with Crippen LogP contribution in [0.3, 0.4) is 0 Å². The Bertz CT molecular complexity index is 736. The van der Waals surface area contributed by atoms with E-state index in [0.29, 0.717) is 16.5 Å². The first-order chi connectivity index (χ1) is 9.21. The predicted octanol–water partition coefficient (Wildman–Crippen LogP) is 1.58. The van der Waals surface area contributed by atoms with Gasteiger partial charge in [0.2, 0.25) is 0 Å². The topological polar surface area (TPSA) is 81.2 Å². The lowest BCUT2D eigenvalue weighted by Crippen LogP contribution is -2.13. The molecule has 0 aliphatic rings. The lowest BCUT2D eigenvalue weighted by atomic mass is 10.3. The summed E-state index contributed by atoms with van der Waals surface area (Å²) in [5, 5.41) is 4.85. The number of rotatable bonds is 3. The van der Waals surface area contributed by atoms with Crippen LogP contribution in [0.1, 0.15) is 0 Å². The van der Waals surface area contributed by atoms with Gasteiger partial charge in [-0.3, -0.25) is 0 Å². The molecule has 20 heavy (non-hydrogen) atoms. The molecule has 0 unspecified atom stereocenters. The quantitative estimate of drug-likeness (QED) is 0.930. The van der Waals surface area contributed by atoms with Crippen molar-refractivity contribution in [1.82, 2.24) is 9.78 Å². The maximum atomic E-state index is 11.9. The van der Waals surface area contributed by atoms with E-state index in [1.54, 1.807) is 43.3 Å². The van der Waals surface area contributed by atoms with Gasteiger partial charge in [0, 0.05) is 25.4 Å². The molecule has 0 bridgehead atoms. The summed E-state index contributed by atoms with van der Waals surface area (Å²) in [6, 6.07) is 6.81.